The number of aliphatic hydroxyl groups is 1. The third-order valence-electron chi connectivity index (χ3n) is 5.63. The van der Waals surface area contributed by atoms with Crippen LogP contribution < -0.4 is 4.74 Å². The minimum Gasteiger partial charge on any atom is -0.494 e. The van der Waals surface area contributed by atoms with Crippen molar-refractivity contribution in [1.29, 1.82) is 0 Å². The highest BCUT2D eigenvalue weighted by Gasteiger charge is 2.29. The van der Waals surface area contributed by atoms with Gasteiger partial charge in [-0.15, -0.1) is 0 Å². The summed E-state index contributed by atoms with van der Waals surface area (Å²) in [5, 5.41) is 11.9. The van der Waals surface area contributed by atoms with Gasteiger partial charge in [0, 0.05) is 37.7 Å². The summed E-state index contributed by atoms with van der Waals surface area (Å²) >= 11 is 6.12. The van der Waals surface area contributed by atoms with E-state index in [1.54, 1.807) is 0 Å². The Labute approximate surface area is 173 Å². The first-order valence-corrected chi connectivity index (χ1v) is 10.5. The summed E-state index contributed by atoms with van der Waals surface area (Å²) in [7, 11) is 2.18. The van der Waals surface area contributed by atoms with Crippen molar-refractivity contribution in [3.05, 3.63) is 64.7 Å². The van der Waals surface area contributed by atoms with Gasteiger partial charge in [0.05, 0.1) is 6.61 Å². The number of likely N-dealkylation sites (N-methyl/N-ethyl adjacent to an activating group) is 1. The number of nitrogens with zero attached hydrogens (tertiary/aromatic N) is 2. The fraction of sp³-hybridized carbons (Fsp3) is 0.478. The van der Waals surface area contributed by atoms with Crippen LogP contribution in [0.3, 0.4) is 0 Å². The Kier molecular flexibility index (Phi) is 7.36. The van der Waals surface area contributed by atoms with Crippen molar-refractivity contribution < 1.29 is 9.84 Å². The zero-order valence-electron chi connectivity index (χ0n) is 16.9. The Morgan fingerprint density at radius 1 is 1.04 bits per heavy atom. The van der Waals surface area contributed by atoms with Crippen LogP contribution in [0.25, 0.3) is 0 Å². The molecule has 1 N–H and O–H groups in total. The van der Waals surface area contributed by atoms with E-state index in [9.17, 15) is 5.11 Å². The van der Waals surface area contributed by atoms with E-state index >= 15 is 0 Å². The van der Waals surface area contributed by atoms with E-state index in [1.165, 1.54) is 0 Å². The number of rotatable bonds is 8. The lowest BCUT2D eigenvalue weighted by Crippen LogP contribution is -2.44. The van der Waals surface area contributed by atoms with Crippen LogP contribution in [-0.4, -0.2) is 61.3 Å². The third-order valence-corrected chi connectivity index (χ3v) is 5.86. The first-order chi connectivity index (χ1) is 13.5. The second kappa shape index (κ2) is 9.75. The fourth-order valence-electron chi connectivity index (χ4n) is 3.70. The third kappa shape index (κ3) is 5.26. The second-order valence-electron chi connectivity index (χ2n) is 7.60. The molecule has 152 valence electrons. The Hall–Kier alpha value is -1.59. The molecule has 0 amide bonds. The van der Waals surface area contributed by atoms with Gasteiger partial charge in [-0.2, -0.15) is 0 Å². The maximum absolute atomic E-state index is 11.2. The van der Waals surface area contributed by atoms with E-state index in [4.69, 9.17) is 16.3 Å². The molecule has 0 radical (unpaired) electrons. The van der Waals surface area contributed by atoms with Gasteiger partial charge in [-0.25, -0.2) is 0 Å². The van der Waals surface area contributed by atoms with Crippen molar-refractivity contribution >= 4 is 11.6 Å². The minimum atomic E-state index is -1.05. The molecule has 0 aromatic heterocycles. The number of hydrogen-bond donors (Lipinski definition) is 1. The molecule has 0 saturated carbocycles. The summed E-state index contributed by atoms with van der Waals surface area (Å²) in [5.74, 6) is 0.840. The summed E-state index contributed by atoms with van der Waals surface area (Å²) in [5.41, 5.74) is 0.607. The quantitative estimate of drug-likeness (QED) is 0.677. The maximum atomic E-state index is 11.2. The number of ether oxygens (including phenoxy) is 1. The zero-order valence-corrected chi connectivity index (χ0v) is 17.7. The molecule has 0 spiro atoms. The minimum absolute atomic E-state index is 0.568. The Morgan fingerprint density at radius 3 is 2.39 bits per heavy atom. The van der Waals surface area contributed by atoms with Crippen LogP contribution in [0.1, 0.15) is 30.9 Å². The van der Waals surface area contributed by atoms with Gasteiger partial charge in [0.15, 0.2) is 0 Å². The molecular weight excluding hydrogens is 372 g/mol. The van der Waals surface area contributed by atoms with Crippen molar-refractivity contribution in [2.24, 2.45) is 0 Å². The van der Waals surface area contributed by atoms with E-state index in [0.29, 0.717) is 18.1 Å². The summed E-state index contributed by atoms with van der Waals surface area (Å²) in [4.78, 5) is 4.87. The van der Waals surface area contributed by atoms with Gasteiger partial charge in [-0.05, 0) is 55.3 Å². The first-order valence-electron chi connectivity index (χ1n) is 10.1. The van der Waals surface area contributed by atoms with Crippen molar-refractivity contribution in [1.82, 2.24) is 9.80 Å². The first kappa shape index (κ1) is 21.1. The molecule has 1 atom stereocenters. The fourth-order valence-corrected chi connectivity index (χ4v) is 3.89. The van der Waals surface area contributed by atoms with Crippen molar-refractivity contribution in [2.45, 2.75) is 25.4 Å². The van der Waals surface area contributed by atoms with E-state index in [1.807, 2.05) is 55.5 Å². The molecular formula is C23H31ClN2O2. The lowest BCUT2D eigenvalue weighted by molar-refractivity contribution is 0.0765. The average molecular weight is 403 g/mol. The SMILES string of the molecule is CCC(O)(c1ccc(OCCCN2CCN(C)CC2)cc1)c1cccc(Cl)c1. The highest BCUT2D eigenvalue weighted by atomic mass is 35.5. The Morgan fingerprint density at radius 2 is 1.75 bits per heavy atom. The zero-order chi connectivity index (χ0) is 20.0. The lowest BCUT2D eigenvalue weighted by atomic mass is 9.84. The topological polar surface area (TPSA) is 35.9 Å². The molecule has 1 aliphatic rings. The van der Waals surface area contributed by atoms with Gasteiger partial charge in [0.2, 0.25) is 0 Å². The summed E-state index contributed by atoms with van der Waals surface area (Å²) in [6.45, 7) is 8.34. The molecule has 2 aromatic rings. The molecule has 1 saturated heterocycles. The van der Waals surface area contributed by atoms with Gasteiger partial charge in [-0.3, -0.25) is 0 Å². The van der Waals surface area contributed by atoms with E-state index < -0.39 is 5.60 Å². The summed E-state index contributed by atoms with van der Waals surface area (Å²) < 4.78 is 5.90. The maximum Gasteiger partial charge on any atom is 0.119 e. The van der Waals surface area contributed by atoms with Crippen LogP contribution in [0.4, 0.5) is 0 Å². The molecule has 1 unspecified atom stereocenters. The number of piperazine rings is 1. The summed E-state index contributed by atoms with van der Waals surface area (Å²) in [6.07, 6.45) is 1.59. The molecule has 1 aliphatic heterocycles. The number of halogens is 1. The van der Waals surface area contributed by atoms with Gasteiger partial charge < -0.3 is 19.6 Å². The van der Waals surface area contributed by atoms with Crippen molar-refractivity contribution in [3.63, 3.8) is 0 Å². The van der Waals surface area contributed by atoms with Gasteiger partial charge in [0.1, 0.15) is 11.4 Å². The average Bonchev–Trinajstić information content (AvgIpc) is 2.72. The predicted molar refractivity (Wildman–Crippen MR) is 115 cm³/mol. The normalized spacial score (nSPS) is 18.0. The van der Waals surface area contributed by atoms with Crippen LogP contribution in [0.15, 0.2) is 48.5 Å². The van der Waals surface area contributed by atoms with E-state index in [2.05, 4.69) is 16.8 Å². The molecule has 5 heteroatoms. The molecule has 1 fully saturated rings. The molecule has 4 nitrogen and oxygen atoms in total. The monoisotopic (exact) mass is 402 g/mol. The molecule has 1 heterocycles. The van der Waals surface area contributed by atoms with Crippen molar-refractivity contribution in [3.8, 4) is 5.75 Å². The van der Waals surface area contributed by atoms with Gasteiger partial charge in [-0.1, -0.05) is 42.8 Å². The van der Waals surface area contributed by atoms with E-state index in [-0.39, 0.29) is 0 Å². The Balaban J connectivity index is 1.54. The molecule has 2 aromatic carbocycles. The molecule has 0 bridgehead atoms. The standard InChI is InChI=1S/C23H31ClN2O2/c1-3-23(27,20-6-4-7-21(24)18-20)19-8-10-22(11-9-19)28-17-5-12-26-15-13-25(2)14-16-26/h4,6-11,18,27H,3,5,12-17H2,1-2H3. The second-order valence-corrected chi connectivity index (χ2v) is 8.03. The van der Waals surface area contributed by atoms with Crippen LogP contribution in [0.2, 0.25) is 5.02 Å². The largest absolute Gasteiger partial charge is 0.494 e. The smallest absolute Gasteiger partial charge is 0.119 e. The summed E-state index contributed by atoms with van der Waals surface area (Å²) in [6, 6.07) is 15.2. The lowest BCUT2D eigenvalue weighted by Gasteiger charge is -2.32. The molecule has 3 rings (SSSR count). The van der Waals surface area contributed by atoms with Gasteiger partial charge in [0.25, 0.3) is 0 Å². The van der Waals surface area contributed by atoms with E-state index in [0.717, 1.165) is 56.0 Å². The van der Waals surface area contributed by atoms with Crippen LogP contribution in [0, 0.1) is 0 Å². The van der Waals surface area contributed by atoms with Crippen LogP contribution in [0.5, 0.6) is 5.75 Å². The van der Waals surface area contributed by atoms with Crippen LogP contribution in [-0.2, 0) is 5.60 Å². The highest BCUT2D eigenvalue weighted by Crippen LogP contribution is 2.34. The predicted octanol–water partition coefficient (Wildman–Crippen LogP) is 4.00. The Bertz CT molecular complexity index is 745. The number of hydrogen-bond acceptors (Lipinski definition) is 4. The number of benzene rings is 2. The molecule has 28 heavy (non-hydrogen) atoms. The van der Waals surface area contributed by atoms with Crippen LogP contribution >= 0.6 is 11.6 Å². The molecule has 0 aliphatic carbocycles. The highest BCUT2D eigenvalue weighted by molar-refractivity contribution is 6.30. The van der Waals surface area contributed by atoms with Crippen molar-refractivity contribution in [2.75, 3.05) is 46.4 Å². The van der Waals surface area contributed by atoms with Gasteiger partial charge >= 0.3 is 0 Å².